The largest absolute Gasteiger partial charge is 0.0991 e. The monoisotopic (exact) mass is 226 g/mol. The maximum absolute atomic E-state index is 3.89. The van der Waals surface area contributed by atoms with Gasteiger partial charge >= 0.3 is 0 Å². The normalized spacial score (nSPS) is 12.3. The molecule has 0 bridgehead atoms. The molecule has 90 valence electrons. The molecule has 0 unspecified atom stereocenters. The van der Waals surface area contributed by atoms with Crippen molar-refractivity contribution < 1.29 is 0 Å². The van der Waals surface area contributed by atoms with Gasteiger partial charge in [0.1, 0.15) is 0 Å². The Morgan fingerprint density at radius 1 is 1.24 bits per heavy atom. The van der Waals surface area contributed by atoms with E-state index in [4.69, 9.17) is 0 Å². The highest BCUT2D eigenvalue weighted by molar-refractivity contribution is 5.77. The highest BCUT2D eigenvalue weighted by Gasteiger charge is 2.22. The van der Waals surface area contributed by atoms with Gasteiger partial charge < -0.3 is 0 Å². The molecule has 0 heteroatoms. The van der Waals surface area contributed by atoms with E-state index >= 15 is 0 Å². The summed E-state index contributed by atoms with van der Waals surface area (Å²) in [5, 5.41) is 0. The summed E-state index contributed by atoms with van der Waals surface area (Å²) in [4.78, 5) is 0. The van der Waals surface area contributed by atoms with Crippen LogP contribution < -0.4 is 0 Å². The van der Waals surface area contributed by atoms with Gasteiger partial charge in [0.25, 0.3) is 0 Å². The maximum atomic E-state index is 3.89. The number of benzene rings is 1. The molecule has 0 aromatic heterocycles. The fourth-order valence-electron chi connectivity index (χ4n) is 1.91. The first-order chi connectivity index (χ1) is 8.06. The number of hydrogen-bond acceptors (Lipinski definition) is 0. The molecule has 17 heavy (non-hydrogen) atoms. The molecule has 0 aliphatic heterocycles. The van der Waals surface area contributed by atoms with Crippen molar-refractivity contribution in [1.29, 1.82) is 0 Å². The standard InChI is InChI=1S/C17H22/c1-6-11-16(17(4,5)8-3)15-13-10-9-12-14(15)7-2/h6-7,9-13H,1-2,8H2,3-5H3/b16-11+. The molecule has 1 aromatic rings. The van der Waals surface area contributed by atoms with Crippen LogP contribution in [0.1, 0.15) is 38.3 Å². The number of hydrogen-bond donors (Lipinski definition) is 0. The Morgan fingerprint density at radius 2 is 1.88 bits per heavy atom. The molecular formula is C17H22. The van der Waals surface area contributed by atoms with Crippen molar-refractivity contribution in [3.05, 3.63) is 60.7 Å². The zero-order valence-electron chi connectivity index (χ0n) is 11.2. The summed E-state index contributed by atoms with van der Waals surface area (Å²) < 4.78 is 0. The van der Waals surface area contributed by atoms with Crippen molar-refractivity contribution in [2.24, 2.45) is 5.41 Å². The summed E-state index contributed by atoms with van der Waals surface area (Å²) >= 11 is 0. The summed E-state index contributed by atoms with van der Waals surface area (Å²) in [5.74, 6) is 0. The lowest BCUT2D eigenvalue weighted by atomic mass is 9.76. The van der Waals surface area contributed by atoms with Gasteiger partial charge in [0.2, 0.25) is 0 Å². The highest BCUT2D eigenvalue weighted by Crippen LogP contribution is 2.38. The quantitative estimate of drug-likeness (QED) is 0.595. The van der Waals surface area contributed by atoms with Gasteiger partial charge in [-0.05, 0) is 28.5 Å². The molecule has 0 aliphatic rings. The SMILES string of the molecule is C=C/C=C(\c1ccccc1C=C)C(C)(C)CC. The molecule has 0 saturated carbocycles. The molecule has 1 rings (SSSR count). The Hall–Kier alpha value is -1.56. The van der Waals surface area contributed by atoms with Crippen molar-refractivity contribution in [1.82, 2.24) is 0 Å². The zero-order valence-corrected chi connectivity index (χ0v) is 11.2. The van der Waals surface area contributed by atoms with E-state index < -0.39 is 0 Å². The van der Waals surface area contributed by atoms with Crippen LogP contribution in [0.2, 0.25) is 0 Å². The highest BCUT2D eigenvalue weighted by atomic mass is 14.3. The van der Waals surface area contributed by atoms with E-state index in [1.54, 1.807) is 0 Å². The van der Waals surface area contributed by atoms with E-state index in [1.807, 2.05) is 18.2 Å². The summed E-state index contributed by atoms with van der Waals surface area (Å²) in [6.45, 7) is 14.5. The minimum atomic E-state index is 0.146. The summed E-state index contributed by atoms with van der Waals surface area (Å²) in [6, 6.07) is 8.38. The first-order valence-electron chi connectivity index (χ1n) is 6.12. The van der Waals surface area contributed by atoms with Gasteiger partial charge in [0.15, 0.2) is 0 Å². The predicted molar refractivity (Wildman–Crippen MR) is 78.8 cm³/mol. The molecular weight excluding hydrogens is 204 g/mol. The van der Waals surface area contributed by atoms with Crippen LogP contribution in [0.4, 0.5) is 0 Å². The molecule has 0 N–H and O–H groups in total. The lowest BCUT2D eigenvalue weighted by molar-refractivity contribution is 0.482. The average Bonchev–Trinajstić information content (AvgIpc) is 2.35. The van der Waals surface area contributed by atoms with Crippen molar-refractivity contribution in [2.75, 3.05) is 0 Å². The van der Waals surface area contributed by atoms with Gasteiger partial charge in [-0.1, -0.05) is 76.4 Å². The van der Waals surface area contributed by atoms with E-state index in [2.05, 4.69) is 58.2 Å². The van der Waals surface area contributed by atoms with Gasteiger partial charge in [0.05, 0.1) is 0 Å². The van der Waals surface area contributed by atoms with Crippen LogP contribution in [-0.2, 0) is 0 Å². The third-order valence-electron chi connectivity index (χ3n) is 3.37. The van der Waals surface area contributed by atoms with Crippen LogP contribution in [0, 0.1) is 5.41 Å². The Morgan fingerprint density at radius 3 is 2.41 bits per heavy atom. The summed E-state index contributed by atoms with van der Waals surface area (Å²) in [5.41, 5.74) is 3.91. The van der Waals surface area contributed by atoms with E-state index in [9.17, 15) is 0 Å². The van der Waals surface area contributed by atoms with Crippen LogP contribution >= 0.6 is 0 Å². The second-order valence-corrected chi connectivity index (χ2v) is 4.84. The van der Waals surface area contributed by atoms with Crippen LogP contribution in [0.5, 0.6) is 0 Å². The van der Waals surface area contributed by atoms with Crippen molar-refractivity contribution >= 4 is 11.6 Å². The van der Waals surface area contributed by atoms with Gasteiger partial charge in [-0.3, -0.25) is 0 Å². The molecule has 0 heterocycles. The molecule has 0 fully saturated rings. The molecule has 0 nitrogen and oxygen atoms in total. The number of rotatable bonds is 5. The van der Waals surface area contributed by atoms with Crippen molar-refractivity contribution in [3.63, 3.8) is 0 Å². The summed E-state index contributed by atoms with van der Waals surface area (Å²) in [6.07, 6.45) is 6.99. The second-order valence-electron chi connectivity index (χ2n) is 4.84. The van der Waals surface area contributed by atoms with Gasteiger partial charge in [0, 0.05) is 0 Å². The molecule has 0 amide bonds. The third kappa shape index (κ3) is 2.97. The predicted octanol–water partition coefficient (Wildman–Crippen LogP) is 5.34. The Bertz CT molecular complexity index is 433. The fourth-order valence-corrected chi connectivity index (χ4v) is 1.91. The van der Waals surface area contributed by atoms with Gasteiger partial charge in [-0.15, -0.1) is 0 Å². The van der Waals surface area contributed by atoms with E-state index in [0.717, 1.165) is 6.42 Å². The molecule has 1 aromatic carbocycles. The molecule has 0 saturated heterocycles. The topological polar surface area (TPSA) is 0 Å². The van der Waals surface area contributed by atoms with E-state index in [1.165, 1.54) is 16.7 Å². The average molecular weight is 226 g/mol. The van der Waals surface area contributed by atoms with Crippen LogP contribution in [0.25, 0.3) is 11.6 Å². The summed E-state index contributed by atoms with van der Waals surface area (Å²) in [7, 11) is 0. The van der Waals surface area contributed by atoms with E-state index in [0.29, 0.717) is 0 Å². The first-order valence-corrected chi connectivity index (χ1v) is 6.12. The Labute approximate surface area is 105 Å². The molecule has 0 radical (unpaired) electrons. The zero-order chi connectivity index (χ0) is 12.9. The van der Waals surface area contributed by atoms with Crippen molar-refractivity contribution in [2.45, 2.75) is 27.2 Å². The minimum Gasteiger partial charge on any atom is -0.0991 e. The van der Waals surface area contributed by atoms with Crippen LogP contribution in [0.3, 0.4) is 0 Å². The molecule has 0 aliphatic carbocycles. The molecule has 0 spiro atoms. The maximum Gasteiger partial charge on any atom is -0.0100 e. The van der Waals surface area contributed by atoms with Crippen molar-refractivity contribution in [3.8, 4) is 0 Å². The molecule has 0 atom stereocenters. The fraction of sp³-hybridized carbons (Fsp3) is 0.294. The minimum absolute atomic E-state index is 0.146. The van der Waals surface area contributed by atoms with Gasteiger partial charge in [-0.25, -0.2) is 0 Å². The smallest absolute Gasteiger partial charge is 0.0100 e. The lowest BCUT2D eigenvalue weighted by Crippen LogP contribution is -2.13. The van der Waals surface area contributed by atoms with Crippen LogP contribution in [-0.4, -0.2) is 0 Å². The first kappa shape index (κ1) is 13.5. The van der Waals surface area contributed by atoms with Gasteiger partial charge in [-0.2, -0.15) is 0 Å². The van der Waals surface area contributed by atoms with E-state index in [-0.39, 0.29) is 5.41 Å². The lowest BCUT2D eigenvalue weighted by Gasteiger charge is -2.28. The third-order valence-corrected chi connectivity index (χ3v) is 3.37. The Balaban J connectivity index is 3.39. The Kier molecular flexibility index (Phi) is 4.51. The second kappa shape index (κ2) is 5.67. The van der Waals surface area contributed by atoms with Crippen LogP contribution in [0.15, 0.2) is 49.6 Å². The number of allylic oxidation sites excluding steroid dienone is 3.